The summed E-state index contributed by atoms with van der Waals surface area (Å²) in [6.45, 7) is 2.44. The van der Waals surface area contributed by atoms with E-state index in [2.05, 4.69) is 4.98 Å². The fourth-order valence-corrected chi connectivity index (χ4v) is 4.82. The van der Waals surface area contributed by atoms with Crippen LogP contribution in [0.15, 0.2) is 15.8 Å². The van der Waals surface area contributed by atoms with E-state index in [1.165, 1.54) is 10.8 Å². The van der Waals surface area contributed by atoms with Gasteiger partial charge in [0.2, 0.25) is 0 Å². The summed E-state index contributed by atoms with van der Waals surface area (Å²) in [4.78, 5) is 35.9. The second kappa shape index (κ2) is 7.03. The number of hydrogen-bond donors (Lipinski definition) is 3. The summed E-state index contributed by atoms with van der Waals surface area (Å²) < 4.78 is 24.7. The maximum Gasteiger partial charge on any atom is 0.528 e. The number of nitrogens with zero attached hydrogens (tertiary/aromatic N) is 2. The van der Waals surface area contributed by atoms with Crippen LogP contribution >= 0.6 is 7.75 Å². The molecule has 146 valence electrons. The van der Waals surface area contributed by atoms with Crippen molar-refractivity contribution < 1.29 is 28.1 Å². The van der Waals surface area contributed by atoms with Gasteiger partial charge >= 0.3 is 13.4 Å². The van der Waals surface area contributed by atoms with Crippen LogP contribution in [0.3, 0.4) is 0 Å². The summed E-state index contributed by atoms with van der Waals surface area (Å²) in [6.07, 6.45) is 0.636. The molecule has 3 heterocycles. The predicted octanol–water partition coefficient (Wildman–Crippen LogP) is -0.149. The van der Waals surface area contributed by atoms with Crippen molar-refractivity contribution in [3.8, 4) is 0 Å². The summed E-state index contributed by atoms with van der Waals surface area (Å²) >= 11 is 0. The number of rotatable bonds is 5. The maximum atomic E-state index is 12.6. The molecule has 0 aromatic carbocycles. The molecular weight excluding hydrogens is 365 g/mol. The second-order valence-corrected chi connectivity index (χ2v) is 9.40. The quantitative estimate of drug-likeness (QED) is 0.596. The van der Waals surface area contributed by atoms with Gasteiger partial charge in [-0.3, -0.25) is 23.8 Å². The first-order chi connectivity index (χ1) is 12.1. The molecule has 11 heteroatoms. The van der Waals surface area contributed by atoms with Crippen LogP contribution in [0, 0.1) is 6.92 Å². The summed E-state index contributed by atoms with van der Waals surface area (Å²) in [6, 6.07) is 0. The van der Waals surface area contributed by atoms with E-state index in [1.807, 2.05) is 0 Å². The molecule has 0 bridgehead atoms. The van der Waals surface area contributed by atoms with Gasteiger partial charge in [0, 0.05) is 31.0 Å². The van der Waals surface area contributed by atoms with Crippen molar-refractivity contribution in [3.63, 3.8) is 0 Å². The number of aromatic amines is 1. The molecule has 3 N–H and O–H groups in total. The van der Waals surface area contributed by atoms with Crippen LogP contribution < -0.4 is 11.2 Å². The predicted molar refractivity (Wildman–Crippen MR) is 91.5 cm³/mol. The van der Waals surface area contributed by atoms with Gasteiger partial charge in [0.15, 0.2) is 0 Å². The Labute approximate surface area is 150 Å². The monoisotopic (exact) mass is 390 g/mol. The molecule has 2 aliphatic heterocycles. The van der Waals surface area contributed by atoms with Crippen LogP contribution in [0.1, 0.15) is 31.1 Å². The van der Waals surface area contributed by atoms with Crippen molar-refractivity contribution in [1.29, 1.82) is 0 Å². The third-order valence-corrected chi connectivity index (χ3v) is 7.31. The van der Waals surface area contributed by atoms with Crippen LogP contribution in [-0.4, -0.2) is 62.8 Å². The lowest BCUT2D eigenvalue weighted by Crippen LogP contribution is -2.39. The van der Waals surface area contributed by atoms with Gasteiger partial charge in [-0.1, -0.05) is 0 Å². The molecule has 1 aromatic heterocycles. The number of aryl methyl sites for hydroxylation is 1. The lowest BCUT2D eigenvalue weighted by atomic mass is 10.2. The molecule has 2 saturated heterocycles. The fourth-order valence-electron chi connectivity index (χ4n) is 3.42. The molecular formula is C15H25N3O7P+. The Morgan fingerprint density at radius 1 is 1.42 bits per heavy atom. The number of nitrogens with one attached hydrogen (secondary N) is 1. The normalized spacial score (nSPS) is 30.4. The molecule has 0 amide bonds. The number of ether oxygens (including phenoxy) is 1. The lowest BCUT2D eigenvalue weighted by Gasteiger charge is -2.32. The molecule has 0 radical (unpaired) electrons. The van der Waals surface area contributed by atoms with Crippen molar-refractivity contribution in [3.05, 3.63) is 32.6 Å². The highest BCUT2D eigenvalue weighted by Gasteiger charge is 2.48. The molecule has 10 nitrogen and oxygen atoms in total. The molecule has 2 aliphatic rings. The first-order valence-corrected chi connectivity index (χ1v) is 10.1. The summed E-state index contributed by atoms with van der Waals surface area (Å²) in [5.41, 5.74) is -0.774. The Hall–Kier alpha value is -1.29. The van der Waals surface area contributed by atoms with Gasteiger partial charge in [-0.2, -0.15) is 0 Å². The third-order valence-electron chi connectivity index (χ3n) is 5.21. The number of hydrogen-bond acceptors (Lipinski definition) is 6. The Balaban J connectivity index is 1.68. The maximum absolute atomic E-state index is 12.6. The zero-order valence-corrected chi connectivity index (χ0v) is 15.7. The second-order valence-electron chi connectivity index (χ2n) is 7.19. The van der Waals surface area contributed by atoms with Gasteiger partial charge in [0.25, 0.3) is 5.56 Å². The standard InChI is InChI=1S/C15H24N3O7P/c1-10-8-17(15(21)16-14(10)20)13-7-11(19)12(25-13)9-24-26(22,23)18(2)5-3-4-6-18/h8,11-13,19H,3-7,9H2,1-2H3,(H-,16,20,21,22,23)/p+1/t11-,12+,13+/m0/s1. The number of likely N-dealkylation sites (tertiary alicyclic amines) is 1. The number of aliphatic hydroxyl groups is 1. The van der Waals surface area contributed by atoms with E-state index in [1.54, 1.807) is 14.0 Å². The van der Waals surface area contributed by atoms with E-state index in [-0.39, 0.29) is 17.3 Å². The molecule has 1 unspecified atom stereocenters. The minimum Gasteiger partial charge on any atom is -0.390 e. The van der Waals surface area contributed by atoms with Crippen molar-refractivity contribution >= 4 is 7.75 Å². The summed E-state index contributed by atoms with van der Waals surface area (Å²) in [7, 11) is -2.23. The number of aliphatic hydroxyl groups excluding tert-OH is 1. The van der Waals surface area contributed by atoms with Crippen molar-refractivity contribution in [2.75, 3.05) is 26.7 Å². The van der Waals surface area contributed by atoms with Crippen molar-refractivity contribution in [2.24, 2.45) is 0 Å². The molecule has 3 rings (SSSR count). The van der Waals surface area contributed by atoms with E-state index in [9.17, 15) is 24.2 Å². The molecule has 1 aromatic rings. The number of H-pyrrole nitrogens is 1. The van der Waals surface area contributed by atoms with Gasteiger partial charge in [0.05, 0.1) is 32.8 Å². The van der Waals surface area contributed by atoms with Crippen LogP contribution in [0.4, 0.5) is 0 Å². The first kappa shape index (κ1) is 19.5. The van der Waals surface area contributed by atoms with Gasteiger partial charge in [-0.15, -0.1) is 0 Å². The van der Waals surface area contributed by atoms with Crippen molar-refractivity contribution in [1.82, 2.24) is 9.55 Å². The van der Waals surface area contributed by atoms with E-state index in [0.717, 1.165) is 12.8 Å². The highest BCUT2D eigenvalue weighted by atomic mass is 31.2. The Bertz CT molecular complexity index is 829. The van der Waals surface area contributed by atoms with Crippen molar-refractivity contribution in [2.45, 2.75) is 44.6 Å². The van der Waals surface area contributed by atoms with E-state index in [0.29, 0.717) is 18.7 Å². The van der Waals surface area contributed by atoms with Gasteiger partial charge < -0.3 is 9.84 Å². The van der Waals surface area contributed by atoms with Crippen LogP contribution in [0.25, 0.3) is 0 Å². The summed E-state index contributed by atoms with van der Waals surface area (Å²) in [5, 5.41) is 10.2. The SMILES string of the molecule is Cc1cn([C@H]2C[C@H](O)[C@@H](COP(=O)(O)[N+]3(C)CCCC3)O2)c(=O)[nH]c1=O. The smallest absolute Gasteiger partial charge is 0.390 e. The molecule has 26 heavy (non-hydrogen) atoms. The molecule has 4 atom stereocenters. The topological polar surface area (TPSA) is 131 Å². The Kier molecular flexibility index (Phi) is 5.26. The third kappa shape index (κ3) is 3.58. The largest absolute Gasteiger partial charge is 0.528 e. The average molecular weight is 390 g/mol. The van der Waals surface area contributed by atoms with Gasteiger partial charge in [-0.05, 0) is 6.92 Å². The van der Waals surface area contributed by atoms with Gasteiger partial charge in [0.1, 0.15) is 12.3 Å². The van der Waals surface area contributed by atoms with Crippen LogP contribution in [-0.2, 0) is 13.8 Å². The molecule has 0 aliphatic carbocycles. The first-order valence-electron chi connectivity index (χ1n) is 8.61. The zero-order chi connectivity index (χ0) is 19.1. The van der Waals surface area contributed by atoms with Crippen LogP contribution in [0.5, 0.6) is 0 Å². The lowest BCUT2D eigenvalue weighted by molar-refractivity contribution is -0.789. The molecule has 0 saturated carbocycles. The molecule has 2 fully saturated rings. The number of aromatic nitrogens is 2. The van der Waals surface area contributed by atoms with Crippen LogP contribution in [0.2, 0.25) is 0 Å². The van der Waals surface area contributed by atoms with E-state index < -0.39 is 37.4 Å². The van der Waals surface area contributed by atoms with Gasteiger partial charge in [-0.25, -0.2) is 13.6 Å². The average Bonchev–Trinajstić information content (AvgIpc) is 3.16. The minimum absolute atomic E-state index is 0.0438. The fraction of sp³-hybridized carbons (Fsp3) is 0.733. The number of quaternary nitrogens is 1. The summed E-state index contributed by atoms with van der Waals surface area (Å²) in [5.74, 6) is 0. The highest BCUT2D eigenvalue weighted by molar-refractivity contribution is 7.46. The van der Waals surface area contributed by atoms with E-state index >= 15 is 0 Å². The Morgan fingerprint density at radius 3 is 2.73 bits per heavy atom. The van der Waals surface area contributed by atoms with E-state index in [4.69, 9.17) is 9.26 Å². The molecule has 0 spiro atoms. The zero-order valence-electron chi connectivity index (χ0n) is 14.8. The highest BCUT2D eigenvalue weighted by Crippen LogP contribution is 2.54. The minimum atomic E-state index is -3.92. The Morgan fingerprint density at radius 2 is 2.08 bits per heavy atom.